The minimum absolute atomic E-state index is 0.935. The number of aryl methyl sites for hydroxylation is 1. The summed E-state index contributed by atoms with van der Waals surface area (Å²) in [5, 5.41) is 13.6. The Balaban J connectivity index is 1.33. The average molecular weight is 600 g/mol. The first-order valence-electron chi connectivity index (χ1n) is 16.2. The van der Waals surface area contributed by atoms with Crippen LogP contribution in [-0.4, -0.2) is 14.5 Å². The summed E-state index contributed by atoms with van der Waals surface area (Å²) < 4.78 is 2.48. The van der Waals surface area contributed by atoms with Gasteiger partial charge in [-0.3, -0.25) is 9.97 Å². The summed E-state index contributed by atoms with van der Waals surface area (Å²) >= 11 is 0. The topological polar surface area (TPSA) is 30.7 Å². The van der Waals surface area contributed by atoms with Crippen LogP contribution in [0.15, 0.2) is 140 Å². The van der Waals surface area contributed by atoms with Gasteiger partial charge in [0.25, 0.3) is 0 Å². The van der Waals surface area contributed by atoms with Crippen LogP contribution in [0.5, 0.6) is 0 Å². The number of aromatic nitrogens is 3. The standard InChI is InChI=1S/C44H29N3/c1-26-27(2)47(33-20-19-28-10-3-4-11-30(28)23-33)44-37-16-8-6-14-35(37)39-24-38(34-13-5-7-15-36(34)41(39)40(26)44)32-22-31-18-17-29-12-9-21-45-42(29)43(31)46-25-32/h3-25H,1-2H3. The summed E-state index contributed by atoms with van der Waals surface area (Å²) in [7, 11) is 0. The number of pyridine rings is 2. The van der Waals surface area contributed by atoms with Gasteiger partial charge in [-0.05, 0) is 93.0 Å². The zero-order valence-electron chi connectivity index (χ0n) is 26.1. The van der Waals surface area contributed by atoms with E-state index in [1.165, 1.54) is 76.5 Å². The van der Waals surface area contributed by atoms with Gasteiger partial charge in [-0.15, -0.1) is 0 Å². The maximum atomic E-state index is 5.00. The first-order chi connectivity index (χ1) is 23.2. The number of benzene rings is 7. The minimum atomic E-state index is 0.935. The van der Waals surface area contributed by atoms with Crippen molar-refractivity contribution in [3.63, 3.8) is 0 Å². The maximum absolute atomic E-state index is 5.00. The van der Waals surface area contributed by atoms with Crippen molar-refractivity contribution in [3.05, 3.63) is 151 Å². The molecule has 0 bridgehead atoms. The lowest BCUT2D eigenvalue weighted by molar-refractivity contribution is 1.05. The quantitative estimate of drug-likeness (QED) is 0.185. The highest BCUT2D eigenvalue weighted by atomic mass is 15.0. The van der Waals surface area contributed by atoms with Gasteiger partial charge in [-0.25, -0.2) is 0 Å². The van der Waals surface area contributed by atoms with E-state index in [0.717, 1.165) is 27.4 Å². The molecule has 0 aliphatic carbocycles. The number of rotatable bonds is 2. The van der Waals surface area contributed by atoms with E-state index in [9.17, 15) is 0 Å². The molecular formula is C44H29N3. The molecule has 3 aromatic heterocycles. The monoisotopic (exact) mass is 599 g/mol. The van der Waals surface area contributed by atoms with Crippen LogP contribution < -0.4 is 0 Å². The number of nitrogens with zero attached hydrogens (tertiary/aromatic N) is 3. The number of hydrogen-bond acceptors (Lipinski definition) is 2. The molecule has 0 fully saturated rings. The summed E-state index contributed by atoms with van der Waals surface area (Å²) in [6, 6.07) is 46.3. The Morgan fingerprint density at radius 1 is 0.489 bits per heavy atom. The molecule has 0 aliphatic heterocycles. The van der Waals surface area contributed by atoms with Gasteiger partial charge < -0.3 is 4.57 Å². The lowest BCUT2D eigenvalue weighted by Crippen LogP contribution is -1.97. The molecule has 0 saturated carbocycles. The fourth-order valence-corrected chi connectivity index (χ4v) is 7.91. The zero-order valence-corrected chi connectivity index (χ0v) is 26.1. The van der Waals surface area contributed by atoms with E-state index in [1.54, 1.807) is 0 Å². The molecule has 0 amide bonds. The predicted molar refractivity (Wildman–Crippen MR) is 199 cm³/mol. The summed E-state index contributed by atoms with van der Waals surface area (Å²) in [5.74, 6) is 0. The van der Waals surface area contributed by atoms with Crippen LogP contribution in [0, 0.1) is 13.8 Å². The normalized spacial score (nSPS) is 12.0. The Hall–Kier alpha value is -6.06. The SMILES string of the molecule is Cc1c(C)n(-c2ccc3ccccc3c2)c2c3ccccc3c3cc(-c4cnc5c(ccc6cccnc65)c4)c4ccccc4c3c12. The molecule has 0 saturated heterocycles. The Morgan fingerprint density at radius 3 is 2.04 bits per heavy atom. The van der Waals surface area contributed by atoms with Crippen molar-refractivity contribution in [2.45, 2.75) is 13.8 Å². The zero-order chi connectivity index (χ0) is 31.2. The molecule has 220 valence electrons. The second-order valence-corrected chi connectivity index (χ2v) is 12.7. The van der Waals surface area contributed by atoms with Crippen LogP contribution in [-0.2, 0) is 0 Å². The summed E-state index contributed by atoms with van der Waals surface area (Å²) in [5.41, 5.74) is 9.21. The second-order valence-electron chi connectivity index (χ2n) is 12.7. The number of hydrogen-bond donors (Lipinski definition) is 0. The van der Waals surface area contributed by atoms with Crippen LogP contribution in [0.3, 0.4) is 0 Å². The van der Waals surface area contributed by atoms with Crippen molar-refractivity contribution in [2.75, 3.05) is 0 Å². The Bertz CT molecular complexity index is 2930. The van der Waals surface area contributed by atoms with Crippen molar-refractivity contribution < 1.29 is 0 Å². The first-order valence-corrected chi connectivity index (χ1v) is 16.2. The van der Waals surface area contributed by atoms with Crippen molar-refractivity contribution >= 4 is 75.8 Å². The van der Waals surface area contributed by atoms with Gasteiger partial charge in [0.15, 0.2) is 0 Å². The second kappa shape index (κ2) is 9.72. The fourth-order valence-electron chi connectivity index (χ4n) is 7.91. The minimum Gasteiger partial charge on any atom is -0.313 e. The molecule has 3 heteroatoms. The Labute approximate surface area is 271 Å². The molecule has 3 heterocycles. The van der Waals surface area contributed by atoms with Crippen molar-refractivity contribution in [1.29, 1.82) is 0 Å². The Morgan fingerprint density at radius 2 is 1.17 bits per heavy atom. The van der Waals surface area contributed by atoms with Gasteiger partial charge in [-0.2, -0.15) is 0 Å². The van der Waals surface area contributed by atoms with Crippen LogP contribution >= 0.6 is 0 Å². The highest BCUT2D eigenvalue weighted by Gasteiger charge is 2.22. The molecule has 47 heavy (non-hydrogen) atoms. The van der Waals surface area contributed by atoms with E-state index < -0.39 is 0 Å². The largest absolute Gasteiger partial charge is 0.313 e. The highest BCUT2D eigenvalue weighted by Crippen LogP contribution is 2.46. The Kier molecular flexibility index (Phi) is 5.41. The molecule has 10 aromatic rings. The maximum Gasteiger partial charge on any atom is 0.0964 e. The average Bonchev–Trinajstić information content (AvgIpc) is 3.40. The van der Waals surface area contributed by atoms with E-state index in [-0.39, 0.29) is 0 Å². The van der Waals surface area contributed by atoms with Gasteiger partial charge in [0, 0.05) is 50.9 Å². The molecule has 0 N–H and O–H groups in total. The molecule has 0 aliphatic rings. The van der Waals surface area contributed by atoms with E-state index in [2.05, 4.69) is 145 Å². The van der Waals surface area contributed by atoms with E-state index in [0.29, 0.717) is 0 Å². The third-order valence-corrected chi connectivity index (χ3v) is 10.2. The molecule has 0 radical (unpaired) electrons. The van der Waals surface area contributed by atoms with Gasteiger partial charge >= 0.3 is 0 Å². The summed E-state index contributed by atoms with van der Waals surface area (Å²) in [6.07, 6.45) is 3.87. The summed E-state index contributed by atoms with van der Waals surface area (Å²) in [6.45, 7) is 4.55. The first kappa shape index (κ1) is 26.2. The van der Waals surface area contributed by atoms with Gasteiger partial charge in [0.05, 0.1) is 16.6 Å². The van der Waals surface area contributed by atoms with E-state index >= 15 is 0 Å². The lowest BCUT2D eigenvalue weighted by atomic mass is 9.88. The van der Waals surface area contributed by atoms with Crippen LogP contribution in [0.1, 0.15) is 11.3 Å². The third kappa shape index (κ3) is 3.68. The van der Waals surface area contributed by atoms with Crippen molar-refractivity contribution in [2.24, 2.45) is 0 Å². The van der Waals surface area contributed by atoms with E-state index in [1.807, 2.05) is 18.5 Å². The van der Waals surface area contributed by atoms with Crippen LogP contribution in [0.25, 0.3) is 92.6 Å². The molecule has 0 atom stereocenters. The smallest absolute Gasteiger partial charge is 0.0964 e. The molecule has 0 spiro atoms. The fraction of sp³-hybridized carbons (Fsp3) is 0.0455. The molecule has 0 unspecified atom stereocenters. The highest BCUT2D eigenvalue weighted by molar-refractivity contribution is 6.33. The molecule has 10 rings (SSSR count). The molecular weight excluding hydrogens is 571 g/mol. The van der Waals surface area contributed by atoms with Crippen molar-refractivity contribution in [1.82, 2.24) is 14.5 Å². The lowest BCUT2D eigenvalue weighted by Gasteiger charge is -2.17. The van der Waals surface area contributed by atoms with Gasteiger partial charge in [0.2, 0.25) is 0 Å². The van der Waals surface area contributed by atoms with Crippen LogP contribution in [0.2, 0.25) is 0 Å². The summed E-state index contributed by atoms with van der Waals surface area (Å²) in [4.78, 5) is 9.66. The molecule has 7 aromatic carbocycles. The van der Waals surface area contributed by atoms with E-state index in [4.69, 9.17) is 4.98 Å². The van der Waals surface area contributed by atoms with Gasteiger partial charge in [0.1, 0.15) is 0 Å². The third-order valence-electron chi connectivity index (χ3n) is 10.2. The van der Waals surface area contributed by atoms with Gasteiger partial charge in [-0.1, -0.05) is 97.1 Å². The van der Waals surface area contributed by atoms with Crippen molar-refractivity contribution in [3.8, 4) is 16.8 Å². The van der Waals surface area contributed by atoms with Crippen LogP contribution in [0.4, 0.5) is 0 Å². The molecule has 3 nitrogen and oxygen atoms in total. The predicted octanol–water partition coefficient (Wildman–Crippen LogP) is 11.6. The number of fused-ring (bicyclic) bond motifs is 12.